The Bertz CT molecular complexity index is 476. The molecule has 3 rings (SSSR count). The lowest BCUT2D eigenvalue weighted by molar-refractivity contribution is -0.137. The number of benzene rings is 1. The third-order valence-electron chi connectivity index (χ3n) is 4.39. The highest BCUT2D eigenvalue weighted by Gasteiger charge is 2.36. The van der Waals surface area contributed by atoms with E-state index in [2.05, 4.69) is 41.4 Å². The van der Waals surface area contributed by atoms with Crippen LogP contribution in [-0.4, -0.2) is 29.9 Å². The van der Waals surface area contributed by atoms with Gasteiger partial charge in [-0.15, -0.1) is 0 Å². The first-order valence-electron chi connectivity index (χ1n) is 7.81. The van der Waals surface area contributed by atoms with E-state index < -0.39 is 0 Å². The largest absolute Gasteiger partial charge is 0.335 e. The molecule has 1 heterocycles. The molecule has 2 fully saturated rings. The number of piperidine rings is 1. The molecule has 108 valence electrons. The second-order valence-corrected chi connectivity index (χ2v) is 6.21. The van der Waals surface area contributed by atoms with E-state index in [1.54, 1.807) is 0 Å². The number of amides is 1. The molecule has 2 aliphatic rings. The van der Waals surface area contributed by atoms with Gasteiger partial charge in [-0.05, 0) is 51.3 Å². The topological polar surface area (TPSA) is 32.3 Å². The van der Waals surface area contributed by atoms with Crippen LogP contribution >= 0.6 is 0 Å². The van der Waals surface area contributed by atoms with Crippen LogP contribution in [0.1, 0.15) is 36.8 Å². The van der Waals surface area contributed by atoms with Crippen molar-refractivity contribution in [2.45, 2.75) is 45.2 Å². The molecule has 1 N–H and O–H groups in total. The summed E-state index contributed by atoms with van der Waals surface area (Å²) in [6.07, 6.45) is 4.36. The molecule has 0 bridgehead atoms. The van der Waals surface area contributed by atoms with Crippen molar-refractivity contribution in [2.75, 3.05) is 13.1 Å². The van der Waals surface area contributed by atoms with E-state index in [-0.39, 0.29) is 5.92 Å². The maximum Gasteiger partial charge on any atom is 0.226 e. The average molecular weight is 272 g/mol. The lowest BCUT2D eigenvalue weighted by atomic mass is 9.96. The van der Waals surface area contributed by atoms with Crippen LogP contribution in [0.5, 0.6) is 0 Å². The number of rotatable bonds is 4. The van der Waals surface area contributed by atoms with Gasteiger partial charge in [-0.25, -0.2) is 0 Å². The first-order chi connectivity index (χ1) is 9.74. The molecule has 0 aromatic heterocycles. The van der Waals surface area contributed by atoms with Crippen molar-refractivity contribution in [1.29, 1.82) is 0 Å². The van der Waals surface area contributed by atoms with Crippen LogP contribution in [0, 0.1) is 12.8 Å². The molecule has 3 heteroatoms. The monoisotopic (exact) mass is 272 g/mol. The minimum Gasteiger partial charge on any atom is -0.335 e. The van der Waals surface area contributed by atoms with Crippen LogP contribution in [-0.2, 0) is 11.3 Å². The van der Waals surface area contributed by atoms with Crippen LogP contribution in [0.2, 0.25) is 0 Å². The number of hydrogen-bond acceptors (Lipinski definition) is 2. The van der Waals surface area contributed by atoms with Crippen molar-refractivity contribution >= 4 is 5.91 Å². The van der Waals surface area contributed by atoms with E-state index in [9.17, 15) is 4.79 Å². The molecule has 1 aromatic rings. The van der Waals surface area contributed by atoms with Crippen molar-refractivity contribution in [3.05, 3.63) is 35.4 Å². The summed E-state index contributed by atoms with van der Waals surface area (Å²) in [6, 6.07) is 9.03. The predicted molar refractivity (Wildman–Crippen MR) is 80.3 cm³/mol. The van der Waals surface area contributed by atoms with E-state index in [4.69, 9.17) is 0 Å². The lowest BCUT2D eigenvalue weighted by Gasteiger charge is -2.30. The van der Waals surface area contributed by atoms with E-state index in [0.29, 0.717) is 11.9 Å². The fraction of sp³-hybridized carbons (Fsp3) is 0.588. The number of carbonyl (C=O) groups is 1. The summed E-state index contributed by atoms with van der Waals surface area (Å²) in [7, 11) is 0. The van der Waals surface area contributed by atoms with Crippen LogP contribution in [0.15, 0.2) is 24.3 Å². The van der Waals surface area contributed by atoms with Gasteiger partial charge in [0.25, 0.3) is 0 Å². The normalized spacial score (nSPS) is 19.9. The molecule has 1 saturated heterocycles. The van der Waals surface area contributed by atoms with Crippen LogP contribution < -0.4 is 5.32 Å². The van der Waals surface area contributed by atoms with Gasteiger partial charge in [0.15, 0.2) is 0 Å². The molecule has 1 saturated carbocycles. The number of hydrogen-bond donors (Lipinski definition) is 1. The summed E-state index contributed by atoms with van der Waals surface area (Å²) in [4.78, 5) is 14.9. The summed E-state index contributed by atoms with van der Waals surface area (Å²) in [5.41, 5.74) is 2.53. The van der Waals surface area contributed by atoms with Gasteiger partial charge < -0.3 is 10.2 Å². The first kappa shape index (κ1) is 13.6. The molecule has 0 spiro atoms. The van der Waals surface area contributed by atoms with Crippen LogP contribution in [0.25, 0.3) is 0 Å². The SMILES string of the molecule is Cc1cccc(CN(C(=O)C2CCNCC2)C2CC2)c1. The third-order valence-corrected chi connectivity index (χ3v) is 4.39. The number of nitrogens with zero attached hydrogens (tertiary/aromatic N) is 1. The van der Waals surface area contributed by atoms with Crippen molar-refractivity contribution < 1.29 is 4.79 Å². The van der Waals surface area contributed by atoms with E-state index in [0.717, 1.165) is 32.5 Å². The van der Waals surface area contributed by atoms with Crippen molar-refractivity contribution in [1.82, 2.24) is 10.2 Å². The number of nitrogens with one attached hydrogen (secondary N) is 1. The molecular formula is C17H24N2O. The summed E-state index contributed by atoms with van der Waals surface area (Å²) in [5, 5.41) is 3.34. The fourth-order valence-corrected chi connectivity index (χ4v) is 3.08. The molecule has 0 radical (unpaired) electrons. The van der Waals surface area contributed by atoms with Crippen molar-refractivity contribution in [3.8, 4) is 0 Å². The molecule has 3 nitrogen and oxygen atoms in total. The van der Waals surface area contributed by atoms with Gasteiger partial charge in [-0.2, -0.15) is 0 Å². The van der Waals surface area contributed by atoms with Gasteiger partial charge in [0, 0.05) is 18.5 Å². The summed E-state index contributed by atoms with van der Waals surface area (Å²) in [5.74, 6) is 0.622. The fourth-order valence-electron chi connectivity index (χ4n) is 3.08. The zero-order chi connectivity index (χ0) is 13.9. The Morgan fingerprint density at radius 1 is 1.25 bits per heavy atom. The molecule has 1 aliphatic heterocycles. The first-order valence-corrected chi connectivity index (χ1v) is 7.81. The molecule has 0 unspecified atom stereocenters. The second kappa shape index (κ2) is 5.96. The molecule has 1 amide bonds. The quantitative estimate of drug-likeness (QED) is 0.913. The Balaban J connectivity index is 1.70. The van der Waals surface area contributed by atoms with Crippen LogP contribution in [0.3, 0.4) is 0 Å². The van der Waals surface area contributed by atoms with E-state index in [1.165, 1.54) is 24.0 Å². The maximum absolute atomic E-state index is 12.8. The zero-order valence-electron chi connectivity index (χ0n) is 12.3. The minimum atomic E-state index is 0.238. The molecule has 1 aromatic carbocycles. The van der Waals surface area contributed by atoms with Gasteiger partial charge in [-0.3, -0.25) is 4.79 Å². The highest BCUT2D eigenvalue weighted by molar-refractivity contribution is 5.79. The Morgan fingerprint density at radius 2 is 2.00 bits per heavy atom. The average Bonchev–Trinajstić information content (AvgIpc) is 3.30. The highest BCUT2D eigenvalue weighted by atomic mass is 16.2. The Morgan fingerprint density at radius 3 is 2.65 bits per heavy atom. The molecule has 20 heavy (non-hydrogen) atoms. The van der Waals surface area contributed by atoms with Gasteiger partial charge in [0.2, 0.25) is 5.91 Å². The summed E-state index contributed by atoms with van der Waals surface area (Å²) in [6.45, 7) is 4.87. The summed E-state index contributed by atoms with van der Waals surface area (Å²) >= 11 is 0. The Hall–Kier alpha value is -1.35. The predicted octanol–water partition coefficient (Wildman–Crippen LogP) is 2.49. The minimum absolute atomic E-state index is 0.238. The van der Waals surface area contributed by atoms with Crippen molar-refractivity contribution in [3.63, 3.8) is 0 Å². The smallest absolute Gasteiger partial charge is 0.226 e. The van der Waals surface area contributed by atoms with Crippen molar-refractivity contribution in [2.24, 2.45) is 5.92 Å². The standard InChI is InChI=1S/C17H24N2O/c1-13-3-2-4-14(11-13)12-19(16-5-6-16)17(20)15-7-9-18-10-8-15/h2-4,11,15-16,18H,5-10,12H2,1H3. The zero-order valence-corrected chi connectivity index (χ0v) is 12.3. The molecule has 0 atom stereocenters. The van der Waals surface area contributed by atoms with Gasteiger partial charge >= 0.3 is 0 Å². The van der Waals surface area contributed by atoms with Crippen LogP contribution in [0.4, 0.5) is 0 Å². The maximum atomic E-state index is 12.8. The van der Waals surface area contributed by atoms with E-state index >= 15 is 0 Å². The number of carbonyl (C=O) groups excluding carboxylic acids is 1. The molecular weight excluding hydrogens is 248 g/mol. The van der Waals surface area contributed by atoms with Gasteiger partial charge in [0.05, 0.1) is 0 Å². The highest BCUT2D eigenvalue weighted by Crippen LogP contribution is 2.31. The van der Waals surface area contributed by atoms with Gasteiger partial charge in [-0.1, -0.05) is 29.8 Å². The molecule has 1 aliphatic carbocycles. The third kappa shape index (κ3) is 3.21. The number of aryl methyl sites for hydroxylation is 1. The van der Waals surface area contributed by atoms with E-state index in [1.807, 2.05) is 0 Å². The lowest BCUT2D eigenvalue weighted by Crippen LogP contribution is -2.41. The second-order valence-electron chi connectivity index (χ2n) is 6.21. The summed E-state index contributed by atoms with van der Waals surface area (Å²) < 4.78 is 0. The van der Waals surface area contributed by atoms with Gasteiger partial charge in [0.1, 0.15) is 0 Å². The Labute approximate surface area is 121 Å². The Kier molecular flexibility index (Phi) is 4.06.